The normalized spacial score (nSPS) is 10.2. The van der Waals surface area contributed by atoms with Crippen LogP contribution in [0.15, 0.2) is 30.6 Å². The summed E-state index contributed by atoms with van der Waals surface area (Å²) in [5, 5.41) is 0. The first-order chi connectivity index (χ1) is 4.47. The quantitative estimate of drug-likeness (QED) is 0.561. The molecule has 2 nitrogen and oxygen atoms in total. The van der Waals surface area contributed by atoms with Crippen molar-refractivity contribution in [1.82, 2.24) is 9.97 Å². The first-order valence-electron chi connectivity index (χ1n) is 2.85. The van der Waals surface area contributed by atoms with Gasteiger partial charge in [-0.15, -0.1) is 0 Å². The van der Waals surface area contributed by atoms with Gasteiger partial charge in [0.2, 0.25) is 0 Å². The number of fused-ring (bicyclic) bond motifs is 1. The van der Waals surface area contributed by atoms with Gasteiger partial charge < -0.3 is 4.98 Å². The van der Waals surface area contributed by atoms with E-state index in [1.165, 1.54) is 0 Å². The number of nitrogens with zero attached hydrogens (tertiary/aromatic N) is 1. The van der Waals surface area contributed by atoms with Gasteiger partial charge in [0.25, 0.3) is 0 Å². The summed E-state index contributed by atoms with van der Waals surface area (Å²) < 4.78 is 0. The Bertz CT molecular complexity index is 286. The van der Waals surface area contributed by atoms with Crippen LogP contribution >= 0.6 is 0 Å². The maximum atomic E-state index is 4.06. The summed E-state index contributed by atoms with van der Waals surface area (Å²) in [6.45, 7) is 0. The molecule has 1 heterocycles. The highest BCUT2D eigenvalue weighted by Gasteiger charge is 1.88. The molecule has 0 aliphatic rings. The van der Waals surface area contributed by atoms with Crippen LogP contribution in [-0.2, 0) is 0 Å². The Balaban J connectivity index is 0.000000500. The van der Waals surface area contributed by atoms with Crippen molar-refractivity contribution >= 4 is 11.0 Å². The van der Waals surface area contributed by atoms with Crippen molar-refractivity contribution in [1.29, 1.82) is 0 Å². The van der Waals surface area contributed by atoms with Crippen molar-refractivity contribution < 1.29 is 1.43 Å². The average Bonchev–Trinajstić information content (AvgIpc) is 2.33. The van der Waals surface area contributed by atoms with Crippen LogP contribution in [0.4, 0.5) is 0 Å². The van der Waals surface area contributed by atoms with E-state index in [0.29, 0.717) is 0 Å². The largest absolute Gasteiger partial charge is 1.00 e. The molecule has 2 heteroatoms. The van der Waals surface area contributed by atoms with E-state index < -0.39 is 0 Å². The maximum Gasteiger partial charge on any atom is 1.00 e. The lowest BCUT2D eigenvalue weighted by Crippen LogP contribution is -1.63. The van der Waals surface area contributed by atoms with E-state index in [9.17, 15) is 0 Å². The number of aromatic nitrogens is 2. The van der Waals surface area contributed by atoms with Crippen LogP contribution in [0.25, 0.3) is 11.0 Å². The summed E-state index contributed by atoms with van der Waals surface area (Å²) in [7, 11) is 0. The Kier molecular flexibility index (Phi) is 0.803. The van der Waals surface area contributed by atoms with Crippen molar-refractivity contribution in [2.24, 2.45) is 0 Å². The molecule has 0 unspecified atom stereocenters. The first kappa shape index (κ1) is 4.56. The second-order valence-corrected chi connectivity index (χ2v) is 1.92. The van der Waals surface area contributed by atoms with Crippen LogP contribution in [0.3, 0.4) is 0 Å². The molecule has 0 atom stereocenters. The van der Waals surface area contributed by atoms with Crippen molar-refractivity contribution in [3.05, 3.63) is 30.6 Å². The van der Waals surface area contributed by atoms with E-state index in [2.05, 4.69) is 9.97 Å². The van der Waals surface area contributed by atoms with Crippen LogP contribution in [0.1, 0.15) is 1.43 Å². The fraction of sp³-hybridized carbons (Fsp3) is 0. The molecular formula is C7H7N2+. The molecule has 0 saturated carbocycles. The smallest absolute Gasteiger partial charge is 0.345 e. The summed E-state index contributed by atoms with van der Waals surface area (Å²) in [5.41, 5.74) is 2.12. The zero-order valence-electron chi connectivity index (χ0n) is 5.83. The third-order valence-electron chi connectivity index (χ3n) is 1.33. The summed E-state index contributed by atoms with van der Waals surface area (Å²) in [4.78, 5) is 7.07. The maximum absolute atomic E-state index is 4.06. The molecule has 0 aliphatic carbocycles. The lowest BCUT2D eigenvalue weighted by Gasteiger charge is -1.81. The first-order valence-corrected chi connectivity index (χ1v) is 2.85. The monoisotopic (exact) mass is 119 g/mol. The number of benzene rings is 1. The highest BCUT2D eigenvalue weighted by molar-refractivity contribution is 5.73. The number of H-pyrrole nitrogens is 1. The minimum absolute atomic E-state index is 0. The Labute approximate surface area is 54.0 Å². The van der Waals surface area contributed by atoms with Gasteiger partial charge in [-0.25, -0.2) is 4.98 Å². The highest BCUT2D eigenvalue weighted by atomic mass is 14.9. The van der Waals surface area contributed by atoms with E-state index in [1.807, 2.05) is 24.3 Å². The van der Waals surface area contributed by atoms with Gasteiger partial charge in [-0.1, -0.05) is 12.1 Å². The molecule has 1 aromatic carbocycles. The number of hydrogen-bond donors (Lipinski definition) is 1. The molecule has 2 aromatic rings. The van der Waals surface area contributed by atoms with Gasteiger partial charge in [-0.2, -0.15) is 0 Å². The zero-order valence-corrected chi connectivity index (χ0v) is 4.83. The molecule has 0 spiro atoms. The van der Waals surface area contributed by atoms with E-state index in [4.69, 9.17) is 0 Å². The van der Waals surface area contributed by atoms with Crippen LogP contribution in [0.5, 0.6) is 0 Å². The van der Waals surface area contributed by atoms with Crippen LogP contribution in [0, 0.1) is 0 Å². The second-order valence-electron chi connectivity index (χ2n) is 1.92. The second kappa shape index (κ2) is 1.58. The van der Waals surface area contributed by atoms with E-state index in [-0.39, 0.29) is 1.43 Å². The fourth-order valence-electron chi connectivity index (χ4n) is 0.880. The predicted octanol–water partition coefficient (Wildman–Crippen LogP) is 1.68. The van der Waals surface area contributed by atoms with E-state index >= 15 is 0 Å². The Morgan fingerprint density at radius 1 is 1.33 bits per heavy atom. The summed E-state index contributed by atoms with van der Waals surface area (Å²) in [6.07, 6.45) is 1.70. The lowest BCUT2D eigenvalue weighted by molar-refractivity contribution is 1.34. The number of rotatable bonds is 0. The molecule has 1 N–H and O–H groups in total. The van der Waals surface area contributed by atoms with Gasteiger partial charge in [0.15, 0.2) is 0 Å². The lowest BCUT2D eigenvalue weighted by atomic mass is 10.3. The van der Waals surface area contributed by atoms with Gasteiger partial charge in [0.05, 0.1) is 17.4 Å². The van der Waals surface area contributed by atoms with Gasteiger partial charge in [0.1, 0.15) is 0 Å². The molecule has 0 bridgehead atoms. The summed E-state index contributed by atoms with van der Waals surface area (Å²) >= 11 is 0. The topological polar surface area (TPSA) is 28.7 Å². The predicted molar refractivity (Wildman–Crippen MR) is 37.2 cm³/mol. The van der Waals surface area contributed by atoms with Crippen LogP contribution in [-0.4, -0.2) is 9.97 Å². The van der Waals surface area contributed by atoms with Crippen LogP contribution in [0.2, 0.25) is 0 Å². The van der Waals surface area contributed by atoms with Gasteiger partial charge in [-0.3, -0.25) is 0 Å². The third kappa shape index (κ3) is 0.598. The molecule has 2 rings (SSSR count). The number of imidazole rings is 1. The fourth-order valence-corrected chi connectivity index (χ4v) is 0.880. The molecule has 44 valence electrons. The average molecular weight is 119 g/mol. The van der Waals surface area contributed by atoms with Gasteiger partial charge >= 0.3 is 1.43 Å². The third-order valence-corrected chi connectivity index (χ3v) is 1.33. The van der Waals surface area contributed by atoms with Crippen molar-refractivity contribution in [2.45, 2.75) is 0 Å². The van der Waals surface area contributed by atoms with Crippen molar-refractivity contribution in [3.63, 3.8) is 0 Å². The molecular weight excluding hydrogens is 112 g/mol. The minimum Gasteiger partial charge on any atom is -0.345 e. The highest BCUT2D eigenvalue weighted by Crippen LogP contribution is 2.05. The Morgan fingerprint density at radius 2 is 2.22 bits per heavy atom. The standard InChI is InChI=1S/C7H6N2/c1-2-4-7-6(3-1)8-5-9-7/h1-5H,(H,8,9)/p+1. The van der Waals surface area contributed by atoms with Crippen LogP contribution < -0.4 is 0 Å². The molecule has 0 radical (unpaired) electrons. The molecule has 9 heavy (non-hydrogen) atoms. The molecule has 1 aromatic heterocycles. The van der Waals surface area contributed by atoms with Crippen molar-refractivity contribution in [2.75, 3.05) is 0 Å². The van der Waals surface area contributed by atoms with Gasteiger partial charge in [-0.05, 0) is 12.1 Å². The number of nitrogens with one attached hydrogen (secondary N) is 1. The summed E-state index contributed by atoms with van der Waals surface area (Å²) in [6, 6.07) is 7.94. The van der Waals surface area contributed by atoms with E-state index in [0.717, 1.165) is 11.0 Å². The van der Waals surface area contributed by atoms with Gasteiger partial charge in [0, 0.05) is 0 Å². The Hall–Kier alpha value is -1.31. The van der Waals surface area contributed by atoms with Crippen molar-refractivity contribution in [3.8, 4) is 0 Å². The number of hydrogen-bond acceptors (Lipinski definition) is 1. The Morgan fingerprint density at radius 3 is 3.11 bits per heavy atom. The SMILES string of the molecule is [H+].c1ccc2[nH]cnc2c1. The minimum atomic E-state index is 0. The molecule has 0 saturated heterocycles. The van der Waals surface area contributed by atoms with E-state index in [1.54, 1.807) is 6.33 Å². The molecule has 0 fully saturated rings. The zero-order chi connectivity index (χ0) is 6.10. The molecule has 0 aliphatic heterocycles. The number of aromatic amines is 1. The number of para-hydroxylation sites is 2. The summed E-state index contributed by atoms with van der Waals surface area (Å²) in [5.74, 6) is 0. The molecule has 0 amide bonds.